The van der Waals surface area contributed by atoms with Crippen molar-refractivity contribution in [1.29, 1.82) is 0 Å². The first-order chi connectivity index (χ1) is 20.5. The molecule has 1 saturated carbocycles. The zero-order valence-corrected chi connectivity index (χ0v) is 27.6. The molecule has 1 N–H and O–H groups in total. The Morgan fingerprint density at radius 3 is 2.21 bits per heavy atom. The highest BCUT2D eigenvalue weighted by molar-refractivity contribution is 9.10. The van der Waals surface area contributed by atoms with Crippen LogP contribution in [0.2, 0.25) is 0 Å². The Morgan fingerprint density at radius 2 is 1.58 bits per heavy atom. The Balaban J connectivity index is 1.72. The summed E-state index contributed by atoms with van der Waals surface area (Å²) in [5.74, 6) is -0.441. The molecule has 10 heteroatoms. The number of amides is 2. The molecule has 0 spiro atoms. The van der Waals surface area contributed by atoms with Crippen LogP contribution in [0.3, 0.4) is 0 Å². The number of methoxy groups -OCH3 is 1. The minimum Gasteiger partial charge on any atom is -0.495 e. The second-order valence-electron chi connectivity index (χ2n) is 11.2. The van der Waals surface area contributed by atoms with E-state index in [1.54, 1.807) is 31.2 Å². The maximum Gasteiger partial charge on any atom is 0.264 e. The molecule has 4 rings (SSSR count). The predicted octanol–water partition coefficient (Wildman–Crippen LogP) is 6.14. The summed E-state index contributed by atoms with van der Waals surface area (Å²) in [6.45, 7) is 5.03. The van der Waals surface area contributed by atoms with Gasteiger partial charge in [-0.25, -0.2) is 8.42 Å². The van der Waals surface area contributed by atoms with Crippen LogP contribution in [0.1, 0.15) is 55.7 Å². The first kappa shape index (κ1) is 32.5. The third-order valence-electron chi connectivity index (χ3n) is 7.88. The predicted molar refractivity (Wildman–Crippen MR) is 173 cm³/mol. The average Bonchev–Trinajstić information content (AvgIpc) is 2.99. The monoisotopic (exact) mass is 669 g/mol. The van der Waals surface area contributed by atoms with Crippen molar-refractivity contribution in [1.82, 2.24) is 10.2 Å². The Labute approximate surface area is 263 Å². The lowest BCUT2D eigenvalue weighted by atomic mass is 9.95. The lowest BCUT2D eigenvalue weighted by molar-refractivity contribution is -0.139. The SMILES string of the molecule is COc1ccc(C)cc1N(CC(=O)N(Cc1ccc(Br)cc1)C(C)C(=O)NC1CCCCC1)S(=O)(=O)c1ccc(C)cc1. The molecule has 43 heavy (non-hydrogen) atoms. The minimum atomic E-state index is -4.20. The van der Waals surface area contributed by atoms with E-state index in [0.717, 1.165) is 57.6 Å². The van der Waals surface area contributed by atoms with Crippen molar-refractivity contribution >= 4 is 43.5 Å². The molecule has 1 atom stereocenters. The van der Waals surface area contributed by atoms with Gasteiger partial charge in [-0.1, -0.05) is 71.1 Å². The number of aryl methyl sites for hydroxylation is 2. The number of hydrogen-bond donors (Lipinski definition) is 1. The smallest absolute Gasteiger partial charge is 0.264 e. The minimum absolute atomic E-state index is 0.0528. The van der Waals surface area contributed by atoms with E-state index in [1.165, 1.54) is 24.1 Å². The van der Waals surface area contributed by atoms with Gasteiger partial charge in [0.15, 0.2) is 0 Å². The van der Waals surface area contributed by atoms with Gasteiger partial charge in [0.05, 0.1) is 17.7 Å². The van der Waals surface area contributed by atoms with Gasteiger partial charge < -0.3 is 15.0 Å². The molecule has 1 unspecified atom stereocenters. The number of halogens is 1. The maximum absolute atomic E-state index is 14.2. The molecule has 0 radical (unpaired) electrons. The summed E-state index contributed by atoms with van der Waals surface area (Å²) in [6.07, 6.45) is 5.10. The van der Waals surface area contributed by atoms with Gasteiger partial charge in [0.2, 0.25) is 11.8 Å². The summed E-state index contributed by atoms with van der Waals surface area (Å²) < 4.78 is 35.8. The Hall–Kier alpha value is -3.37. The van der Waals surface area contributed by atoms with Gasteiger partial charge >= 0.3 is 0 Å². The van der Waals surface area contributed by atoms with Crippen LogP contribution in [0.5, 0.6) is 5.75 Å². The van der Waals surface area contributed by atoms with E-state index < -0.39 is 28.5 Å². The van der Waals surface area contributed by atoms with Gasteiger partial charge in [-0.05, 0) is 81.1 Å². The van der Waals surface area contributed by atoms with Gasteiger partial charge in [-0.15, -0.1) is 0 Å². The topological polar surface area (TPSA) is 96.0 Å². The Morgan fingerprint density at radius 1 is 0.953 bits per heavy atom. The van der Waals surface area contributed by atoms with Crippen molar-refractivity contribution in [3.63, 3.8) is 0 Å². The number of hydrogen-bond acceptors (Lipinski definition) is 5. The normalized spacial score (nSPS) is 14.5. The standard InChI is InChI=1S/C33H40BrN3O5S/c1-23-10-17-29(18-11-23)43(40,41)37(30-20-24(2)12-19-31(30)42-4)22-32(38)36(21-26-13-15-27(34)16-14-26)25(3)33(39)35-28-8-6-5-7-9-28/h10-20,25,28H,5-9,21-22H2,1-4H3,(H,35,39). The number of ether oxygens (including phenoxy) is 1. The number of nitrogens with one attached hydrogen (secondary N) is 1. The molecule has 8 nitrogen and oxygen atoms in total. The van der Waals surface area contributed by atoms with Crippen molar-refractivity contribution in [2.45, 2.75) is 76.4 Å². The lowest BCUT2D eigenvalue weighted by Gasteiger charge is -2.33. The van der Waals surface area contributed by atoms with Crippen molar-refractivity contribution in [2.24, 2.45) is 0 Å². The van der Waals surface area contributed by atoms with Crippen LogP contribution >= 0.6 is 15.9 Å². The number of carbonyl (C=O) groups is 2. The van der Waals surface area contributed by atoms with E-state index >= 15 is 0 Å². The van der Waals surface area contributed by atoms with Crippen molar-refractivity contribution in [3.05, 3.63) is 87.9 Å². The van der Waals surface area contributed by atoms with Crippen LogP contribution in [-0.4, -0.2) is 50.9 Å². The molecule has 0 bridgehead atoms. The van der Waals surface area contributed by atoms with Crippen molar-refractivity contribution < 1.29 is 22.7 Å². The van der Waals surface area contributed by atoms with Crippen LogP contribution < -0.4 is 14.4 Å². The highest BCUT2D eigenvalue weighted by atomic mass is 79.9. The highest BCUT2D eigenvalue weighted by Crippen LogP contribution is 2.34. The van der Waals surface area contributed by atoms with E-state index in [2.05, 4.69) is 21.2 Å². The van der Waals surface area contributed by atoms with E-state index in [1.807, 2.05) is 44.2 Å². The van der Waals surface area contributed by atoms with Gasteiger partial charge in [-0.3, -0.25) is 13.9 Å². The molecule has 0 heterocycles. The number of benzene rings is 3. The first-order valence-corrected chi connectivity index (χ1v) is 16.8. The molecule has 1 aliphatic rings. The van der Waals surface area contributed by atoms with E-state index in [4.69, 9.17) is 4.74 Å². The second-order valence-corrected chi connectivity index (χ2v) is 13.9. The molecule has 230 valence electrons. The van der Waals surface area contributed by atoms with Gasteiger partial charge in [0.1, 0.15) is 18.3 Å². The molecule has 0 aromatic heterocycles. The van der Waals surface area contributed by atoms with Crippen LogP contribution in [-0.2, 0) is 26.2 Å². The van der Waals surface area contributed by atoms with E-state index in [0.29, 0.717) is 5.75 Å². The number of sulfonamides is 1. The fourth-order valence-corrected chi connectivity index (χ4v) is 6.96. The van der Waals surface area contributed by atoms with Crippen LogP contribution in [0.25, 0.3) is 0 Å². The zero-order valence-electron chi connectivity index (χ0n) is 25.2. The fraction of sp³-hybridized carbons (Fsp3) is 0.394. The maximum atomic E-state index is 14.2. The van der Waals surface area contributed by atoms with Crippen LogP contribution in [0.4, 0.5) is 5.69 Å². The van der Waals surface area contributed by atoms with Crippen LogP contribution in [0.15, 0.2) is 76.1 Å². The van der Waals surface area contributed by atoms with Crippen LogP contribution in [0, 0.1) is 13.8 Å². The molecular formula is C33H40BrN3O5S. The molecule has 2 amide bonds. The first-order valence-electron chi connectivity index (χ1n) is 14.6. The molecule has 3 aromatic carbocycles. The summed E-state index contributed by atoms with van der Waals surface area (Å²) in [7, 11) is -2.73. The number of carbonyl (C=O) groups excluding carboxylic acids is 2. The Bertz CT molecular complexity index is 1520. The van der Waals surface area contributed by atoms with Gasteiger partial charge in [0.25, 0.3) is 10.0 Å². The summed E-state index contributed by atoms with van der Waals surface area (Å²) in [5.41, 5.74) is 2.78. The highest BCUT2D eigenvalue weighted by Gasteiger charge is 2.34. The molecular weight excluding hydrogens is 630 g/mol. The molecule has 0 saturated heterocycles. The largest absolute Gasteiger partial charge is 0.495 e. The van der Waals surface area contributed by atoms with Gasteiger partial charge in [-0.2, -0.15) is 0 Å². The quantitative estimate of drug-likeness (QED) is 0.265. The molecule has 3 aromatic rings. The number of anilines is 1. The third kappa shape index (κ3) is 8.17. The van der Waals surface area contributed by atoms with Crippen molar-refractivity contribution in [2.75, 3.05) is 18.0 Å². The number of rotatable bonds is 11. The summed E-state index contributed by atoms with van der Waals surface area (Å²) >= 11 is 3.44. The fourth-order valence-electron chi connectivity index (χ4n) is 5.28. The zero-order chi connectivity index (χ0) is 31.1. The third-order valence-corrected chi connectivity index (χ3v) is 10.2. The number of nitrogens with zero attached hydrogens (tertiary/aromatic N) is 2. The summed E-state index contributed by atoms with van der Waals surface area (Å²) in [4.78, 5) is 29.2. The van der Waals surface area contributed by atoms with Gasteiger partial charge in [0, 0.05) is 17.1 Å². The summed E-state index contributed by atoms with van der Waals surface area (Å²) in [5, 5.41) is 3.13. The molecule has 1 aliphatic carbocycles. The van der Waals surface area contributed by atoms with E-state index in [9.17, 15) is 18.0 Å². The second kappa shape index (κ2) is 14.4. The van der Waals surface area contributed by atoms with Crippen molar-refractivity contribution in [3.8, 4) is 5.75 Å². The Kier molecular flexibility index (Phi) is 10.9. The molecule has 0 aliphatic heterocycles. The summed E-state index contributed by atoms with van der Waals surface area (Å²) in [6, 6.07) is 18.4. The van der Waals surface area contributed by atoms with E-state index in [-0.39, 0.29) is 29.1 Å². The molecule has 1 fully saturated rings. The average molecular weight is 671 g/mol. The lowest BCUT2D eigenvalue weighted by Crippen LogP contribution is -2.53.